The van der Waals surface area contributed by atoms with E-state index in [0.29, 0.717) is 5.75 Å². The zero-order valence-electron chi connectivity index (χ0n) is 12.4. The summed E-state index contributed by atoms with van der Waals surface area (Å²) in [5.41, 5.74) is 1.88. The summed E-state index contributed by atoms with van der Waals surface area (Å²) in [4.78, 5) is 23.9. The van der Waals surface area contributed by atoms with Gasteiger partial charge in [0, 0.05) is 11.4 Å². The number of nitrogens with one attached hydrogen (secondary N) is 1. The molecular weight excluding hydrogens is 286 g/mol. The summed E-state index contributed by atoms with van der Waals surface area (Å²) in [6.07, 6.45) is 3.50. The first-order valence-electron chi connectivity index (χ1n) is 7.13. The van der Waals surface area contributed by atoms with Crippen LogP contribution in [0.15, 0.2) is 23.1 Å². The second-order valence-electron chi connectivity index (χ2n) is 6.04. The van der Waals surface area contributed by atoms with Crippen LogP contribution in [-0.2, 0) is 22.4 Å². The fraction of sp³-hybridized carbons (Fsp3) is 0.500. The van der Waals surface area contributed by atoms with Crippen molar-refractivity contribution < 1.29 is 14.7 Å². The minimum Gasteiger partial charge on any atom is -0.481 e. The maximum atomic E-state index is 11.8. The first-order chi connectivity index (χ1) is 9.88. The third-order valence-corrected chi connectivity index (χ3v) is 4.74. The SMILES string of the molecule is CC(C)(CNC(=O)CSc1ccc2c(c1)CCC2)C(=O)O. The molecule has 0 spiro atoms. The van der Waals surface area contributed by atoms with Crippen LogP contribution in [0.1, 0.15) is 31.4 Å². The highest BCUT2D eigenvalue weighted by Gasteiger charge is 2.27. The van der Waals surface area contributed by atoms with Crippen LogP contribution >= 0.6 is 11.8 Å². The summed E-state index contributed by atoms with van der Waals surface area (Å²) in [5.74, 6) is -0.724. The Morgan fingerprint density at radius 1 is 1.29 bits per heavy atom. The van der Waals surface area contributed by atoms with E-state index in [1.807, 2.05) is 0 Å². The van der Waals surface area contributed by atoms with Gasteiger partial charge in [0.2, 0.25) is 5.91 Å². The summed E-state index contributed by atoms with van der Waals surface area (Å²) in [7, 11) is 0. The van der Waals surface area contributed by atoms with Gasteiger partial charge in [0.1, 0.15) is 0 Å². The summed E-state index contributed by atoms with van der Waals surface area (Å²) in [6, 6.07) is 6.38. The van der Waals surface area contributed by atoms with E-state index in [4.69, 9.17) is 5.11 Å². The molecule has 0 fully saturated rings. The normalized spacial score (nSPS) is 13.8. The van der Waals surface area contributed by atoms with Crippen molar-refractivity contribution in [3.63, 3.8) is 0 Å². The first kappa shape index (κ1) is 15.9. The van der Waals surface area contributed by atoms with E-state index in [0.717, 1.165) is 17.7 Å². The van der Waals surface area contributed by atoms with Gasteiger partial charge in [-0.3, -0.25) is 9.59 Å². The van der Waals surface area contributed by atoms with E-state index in [2.05, 4.69) is 23.5 Å². The Morgan fingerprint density at radius 3 is 2.71 bits per heavy atom. The predicted octanol–water partition coefficient (Wildman–Crippen LogP) is 2.49. The smallest absolute Gasteiger partial charge is 0.310 e. The summed E-state index contributed by atoms with van der Waals surface area (Å²) in [5, 5.41) is 11.7. The van der Waals surface area contributed by atoms with Gasteiger partial charge < -0.3 is 10.4 Å². The van der Waals surface area contributed by atoms with Crippen molar-refractivity contribution in [2.24, 2.45) is 5.41 Å². The molecule has 1 aliphatic carbocycles. The fourth-order valence-corrected chi connectivity index (χ4v) is 3.02. The number of aryl methyl sites for hydroxylation is 2. The zero-order chi connectivity index (χ0) is 15.5. The molecule has 1 amide bonds. The molecule has 1 aliphatic rings. The van der Waals surface area contributed by atoms with Crippen molar-refractivity contribution in [3.8, 4) is 0 Å². The summed E-state index contributed by atoms with van der Waals surface area (Å²) >= 11 is 1.49. The summed E-state index contributed by atoms with van der Waals surface area (Å²) < 4.78 is 0. The van der Waals surface area contributed by atoms with E-state index in [-0.39, 0.29) is 12.5 Å². The molecule has 0 radical (unpaired) electrons. The Hall–Kier alpha value is -1.49. The third-order valence-electron chi connectivity index (χ3n) is 3.75. The van der Waals surface area contributed by atoms with Crippen molar-refractivity contribution in [2.75, 3.05) is 12.3 Å². The molecule has 2 N–H and O–H groups in total. The van der Waals surface area contributed by atoms with Crippen LogP contribution < -0.4 is 5.32 Å². The molecule has 5 heteroatoms. The van der Waals surface area contributed by atoms with Gasteiger partial charge in [-0.25, -0.2) is 0 Å². The maximum Gasteiger partial charge on any atom is 0.310 e. The molecule has 1 aromatic carbocycles. The van der Waals surface area contributed by atoms with Crippen LogP contribution in [0, 0.1) is 5.41 Å². The maximum absolute atomic E-state index is 11.8. The van der Waals surface area contributed by atoms with Gasteiger partial charge >= 0.3 is 5.97 Å². The van der Waals surface area contributed by atoms with Gasteiger partial charge in [-0.05, 0) is 56.4 Å². The molecule has 2 rings (SSSR count). The number of rotatable bonds is 6. The molecule has 0 atom stereocenters. The van der Waals surface area contributed by atoms with Gasteiger partial charge in [-0.2, -0.15) is 0 Å². The average Bonchev–Trinajstić information content (AvgIpc) is 2.90. The van der Waals surface area contributed by atoms with E-state index in [1.165, 1.54) is 29.3 Å². The van der Waals surface area contributed by atoms with Crippen molar-refractivity contribution in [3.05, 3.63) is 29.3 Å². The number of aliphatic carboxylic acids is 1. The van der Waals surface area contributed by atoms with Gasteiger partial charge in [-0.1, -0.05) is 6.07 Å². The van der Waals surface area contributed by atoms with E-state index < -0.39 is 11.4 Å². The third kappa shape index (κ3) is 4.24. The molecule has 1 aromatic rings. The molecule has 4 nitrogen and oxygen atoms in total. The number of carboxylic acid groups (broad SMARTS) is 1. The first-order valence-corrected chi connectivity index (χ1v) is 8.12. The Morgan fingerprint density at radius 2 is 2.00 bits per heavy atom. The minimum atomic E-state index is -0.937. The monoisotopic (exact) mass is 307 g/mol. The Bertz CT molecular complexity index is 554. The lowest BCUT2D eigenvalue weighted by molar-refractivity contribution is -0.146. The highest BCUT2D eigenvalue weighted by atomic mass is 32.2. The zero-order valence-corrected chi connectivity index (χ0v) is 13.3. The van der Waals surface area contributed by atoms with Crippen molar-refractivity contribution in [1.29, 1.82) is 0 Å². The predicted molar refractivity (Wildman–Crippen MR) is 83.6 cm³/mol. The topological polar surface area (TPSA) is 66.4 Å². The molecule has 0 unspecified atom stereocenters. The Labute approximate surface area is 129 Å². The second kappa shape index (κ2) is 6.52. The molecule has 0 saturated heterocycles. The van der Waals surface area contributed by atoms with E-state index in [1.54, 1.807) is 13.8 Å². The highest BCUT2D eigenvalue weighted by Crippen LogP contribution is 2.27. The lowest BCUT2D eigenvalue weighted by atomic mass is 9.94. The van der Waals surface area contributed by atoms with E-state index in [9.17, 15) is 9.59 Å². The van der Waals surface area contributed by atoms with E-state index >= 15 is 0 Å². The largest absolute Gasteiger partial charge is 0.481 e. The van der Waals surface area contributed by atoms with Crippen molar-refractivity contribution in [2.45, 2.75) is 38.0 Å². The number of benzene rings is 1. The Balaban J connectivity index is 1.80. The molecule has 0 saturated carbocycles. The number of carboxylic acids is 1. The molecule has 0 aromatic heterocycles. The van der Waals surface area contributed by atoms with Crippen LogP contribution in [0.2, 0.25) is 0 Å². The quantitative estimate of drug-likeness (QED) is 0.793. The van der Waals surface area contributed by atoms with Crippen LogP contribution in [0.5, 0.6) is 0 Å². The number of amides is 1. The van der Waals surface area contributed by atoms with Gasteiger partial charge in [0.15, 0.2) is 0 Å². The number of carbonyl (C=O) groups is 2. The van der Waals surface area contributed by atoms with Crippen LogP contribution in [0.3, 0.4) is 0 Å². The molecule has 21 heavy (non-hydrogen) atoms. The van der Waals surface area contributed by atoms with Gasteiger partial charge in [0.05, 0.1) is 11.2 Å². The standard InChI is InChI=1S/C16H21NO3S/c1-16(2,15(19)20)10-17-14(18)9-21-13-7-6-11-4-3-5-12(11)8-13/h6-8H,3-5,9-10H2,1-2H3,(H,17,18)(H,19,20). The Kier molecular flexibility index (Phi) is 4.93. The molecular formula is C16H21NO3S. The van der Waals surface area contributed by atoms with Gasteiger partial charge in [-0.15, -0.1) is 11.8 Å². The highest BCUT2D eigenvalue weighted by molar-refractivity contribution is 8.00. The van der Waals surface area contributed by atoms with Crippen LogP contribution in [0.25, 0.3) is 0 Å². The summed E-state index contributed by atoms with van der Waals surface area (Å²) in [6.45, 7) is 3.35. The van der Waals surface area contributed by atoms with Gasteiger partial charge in [0.25, 0.3) is 0 Å². The lowest BCUT2D eigenvalue weighted by Gasteiger charge is -2.19. The van der Waals surface area contributed by atoms with Crippen LogP contribution in [0.4, 0.5) is 0 Å². The van der Waals surface area contributed by atoms with Crippen molar-refractivity contribution >= 4 is 23.6 Å². The number of hydrogen-bond acceptors (Lipinski definition) is 3. The number of thioether (sulfide) groups is 1. The lowest BCUT2D eigenvalue weighted by Crippen LogP contribution is -2.39. The molecule has 0 heterocycles. The number of carbonyl (C=O) groups excluding carboxylic acids is 1. The van der Waals surface area contributed by atoms with Crippen molar-refractivity contribution in [1.82, 2.24) is 5.32 Å². The number of hydrogen-bond donors (Lipinski definition) is 2. The molecule has 0 aliphatic heterocycles. The van der Waals surface area contributed by atoms with Crippen LogP contribution in [-0.4, -0.2) is 29.3 Å². The fourth-order valence-electron chi connectivity index (χ4n) is 2.23. The minimum absolute atomic E-state index is 0.130. The average molecular weight is 307 g/mol. The number of fused-ring (bicyclic) bond motifs is 1. The molecule has 114 valence electrons. The molecule has 0 bridgehead atoms. The second-order valence-corrected chi connectivity index (χ2v) is 7.09.